The predicted molar refractivity (Wildman–Crippen MR) is 204 cm³/mol. The fraction of sp³-hybridized carbons (Fsp3) is 0.400. The van der Waals surface area contributed by atoms with E-state index in [9.17, 15) is 19.2 Å². The number of carbonyl (C=O) groups is 2. The highest BCUT2D eigenvalue weighted by Gasteiger charge is 2.32. The zero-order valence-electron chi connectivity index (χ0n) is 30.4. The van der Waals surface area contributed by atoms with E-state index in [0.717, 1.165) is 44.5 Å². The van der Waals surface area contributed by atoms with Crippen molar-refractivity contribution in [3.8, 4) is 0 Å². The second kappa shape index (κ2) is 13.3. The Morgan fingerprint density at radius 3 is 2.45 bits per heavy atom. The number of halogens is 1. The van der Waals surface area contributed by atoms with E-state index in [1.165, 1.54) is 12.3 Å². The van der Waals surface area contributed by atoms with Crippen molar-refractivity contribution in [1.29, 1.82) is 0 Å². The summed E-state index contributed by atoms with van der Waals surface area (Å²) in [4.78, 5) is 60.2. The van der Waals surface area contributed by atoms with Crippen LogP contribution in [0.2, 0.25) is 0 Å². The molecule has 8 rings (SSSR count). The molecular formula is C40H43FN6O6. The third kappa shape index (κ3) is 6.41. The van der Waals surface area contributed by atoms with Gasteiger partial charge >= 0.3 is 6.09 Å². The van der Waals surface area contributed by atoms with Gasteiger partial charge in [0.15, 0.2) is 22.4 Å². The Morgan fingerprint density at radius 2 is 1.70 bits per heavy atom. The average molecular weight is 723 g/mol. The molecule has 13 heteroatoms. The highest BCUT2D eigenvalue weighted by molar-refractivity contribution is 6.15. The second-order valence-corrected chi connectivity index (χ2v) is 15.3. The SMILES string of the molecule is CN1CCN(CCCNC(=O)c2cn3c4cc5c(cc4oc4c(N6CC[C@H](NC(=O)OC(C)(C)C)C6)c(F)cc(c2=O)c43)c(=O)c2ccccc25)CC1. The van der Waals surface area contributed by atoms with Gasteiger partial charge < -0.3 is 38.9 Å². The highest BCUT2D eigenvalue weighted by atomic mass is 19.1. The molecule has 2 aliphatic rings. The molecule has 276 valence electrons. The first-order valence-electron chi connectivity index (χ1n) is 18.2. The maximum absolute atomic E-state index is 16.4. The van der Waals surface area contributed by atoms with Crippen LogP contribution in [0.25, 0.3) is 49.1 Å². The lowest BCUT2D eigenvalue weighted by Gasteiger charge is -2.32. The number of alkyl carbamates (subject to hydrolysis) is 1. The lowest BCUT2D eigenvalue weighted by Crippen LogP contribution is -2.45. The number of hydrogen-bond donors (Lipinski definition) is 2. The Bertz CT molecular complexity index is 2530. The number of amides is 2. The van der Waals surface area contributed by atoms with Crippen molar-refractivity contribution >= 4 is 66.8 Å². The number of nitrogens with zero attached hydrogens (tertiary/aromatic N) is 4. The summed E-state index contributed by atoms with van der Waals surface area (Å²) in [5.41, 5.74) is -0.219. The summed E-state index contributed by atoms with van der Waals surface area (Å²) >= 11 is 0. The van der Waals surface area contributed by atoms with Crippen molar-refractivity contribution < 1.29 is 23.1 Å². The molecule has 1 atom stereocenters. The minimum Gasteiger partial charge on any atom is -0.451 e. The average Bonchev–Trinajstić information content (AvgIpc) is 3.68. The summed E-state index contributed by atoms with van der Waals surface area (Å²) in [6.07, 6.45) is 2.18. The van der Waals surface area contributed by atoms with E-state index in [0.29, 0.717) is 46.7 Å². The Morgan fingerprint density at radius 1 is 0.943 bits per heavy atom. The monoisotopic (exact) mass is 722 g/mol. The van der Waals surface area contributed by atoms with Gasteiger partial charge in [-0.2, -0.15) is 0 Å². The van der Waals surface area contributed by atoms with Crippen LogP contribution in [-0.2, 0) is 4.74 Å². The van der Waals surface area contributed by atoms with Gasteiger partial charge in [-0.15, -0.1) is 0 Å². The molecule has 6 aromatic rings. The van der Waals surface area contributed by atoms with Crippen LogP contribution >= 0.6 is 0 Å². The fourth-order valence-corrected chi connectivity index (χ4v) is 7.81. The van der Waals surface area contributed by atoms with Crippen LogP contribution in [0, 0.1) is 5.82 Å². The van der Waals surface area contributed by atoms with Crippen LogP contribution in [0.4, 0.5) is 14.9 Å². The van der Waals surface area contributed by atoms with Crippen molar-refractivity contribution in [1.82, 2.24) is 24.8 Å². The minimum atomic E-state index is -0.702. The molecule has 2 amide bonds. The van der Waals surface area contributed by atoms with Gasteiger partial charge in [0.25, 0.3) is 5.91 Å². The number of likely N-dealkylation sites (N-methyl/N-ethyl adjacent to an activating group) is 1. The van der Waals surface area contributed by atoms with Crippen LogP contribution < -0.4 is 26.4 Å². The standard InChI is InChI=1S/C40H43FN6O6/c1-40(2,3)53-39(51)43-23-10-13-46(21-23)34-30(41)18-28-33-37(34)52-32-20-27-26(24-8-5-6-9-25(24)35(27)48)19-31(32)47(33)22-29(36(28)49)38(50)42-11-7-12-45-16-14-44(4)15-17-45/h5-6,8-9,18-20,22-23H,7,10-17,21H2,1-4H3,(H,42,50)(H,43,51)/t23-/m0/s1. The first kappa shape index (κ1) is 34.8. The first-order valence-corrected chi connectivity index (χ1v) is 18.2. The fourth-order valence-electron chi connectivity index (χ4n) is 7.81. The molecule has 2 N–H and O–H groups in total. The van der Waals surface area contributed by atoms with Crippen molar-refractivity contribution in [3.63, 3.8) is 0 Å². The molecule has 0 aliphatic carbocycles. The van der Waals surface area contributed by atoms with Crippen molar-refractivity contribution in [2.45, 2.75) is 45.3 Å². The molecule has 0 radical (unpaired) electrons. The lowest BCUT2D eigenvalue weighted by molar-refractivity contribution is 0.0508. The number of aromatic nitrogens is 1. The van der Waals surface area contributed by atoms with E-state index < -0.39 is 28.8 Å². The summed E-state index contributed by atoms with van der Waals surface area (Å²) in [5, 5.41) is 8.28. The first-order chi connectivity index (χ1) is 25.4. The Hall–Kier alpha value is -5.27. The molecule has 2 aromatic heterocycles. The smallest absolute Gasteiger partial charge is 0.407 e. The minimum absolute atomic E-state index is 0.00316. The Kier molecular flexibility index (Phi) is 8.73. The van der Waals surface area contributed by atoms with E-state index in [2.05, 4.69) is 27.5 Å². The molecule has 2 aliphatic heterocycles. The third-order valence-corrected chi connectivity index (χ3v) is 10.5. The number of piperazine rings is 1. The van der Waals surface area contributed by atoms with Gasteiger partial charge in [-0.3, -0.25) is 14.4 Å². The van der Waals surface area contributed by atoms with Crippen LogP contribution in [0.1, 0.15) is 44.0 Å². The van der Waals surface area contributed by atoms with E-state index in [1.807, 2.05) is 24.3 Å². The quantitative estimate of drug-likeness (QED) is 0.134. The van der Waals surface area contributed by atoms with Crippen molar-refractivity contribution in [2.24, 2.45) is 0 Å². The predicted octanol–water partition coefficient (Wildman–Crippen LogP) is 4.91. The number of carbonyl (C=O) groups excluding carboxylic acids is 2. The molecule has 4 aromatic carbocycles. The molecule has 12 nitrogen and oxygen atoms in total. The molecule has 0 saturated carbocycles. The van der Waals surface area contributed by atoms with Crippen LogP contribution in [0.3, 0.4) is 0 Å². The number of benzene rings is 3. The molecule has 0 spiro atoms. The zero-order valence-corrected chi connectivity index (χ0v) is 30.4. The van der Waals surface area contributed by atoms with Gasteiger partial charge in [-0.05, 0) is 76.2 Å². The van der Waals surface area contributed by atoms with Gasteiger partial charge in [-0.1, -0.05) is 24.3 Å². The largest absolute Gasteiger partial charge is 0.451 e. The number of anilines is 1. The van der Waals surface area contributed by atoms with Gasteiger partial charge in [0, 0.05) is 62.8 Å². The molecule has 0 bridgehead atoms. The van der Waals surface area contributed by atoms with Gasteiger partial charge in [0.05, 0.1) is 16.9 Å². The molecule has 2 saturated heterocycles. The van der Waals surface area contributed by atoms with Crippen molar-refractivity contribution in [2.75, 3.05) is 64.3 Å². The van der Waals surface area contributed by atoms with Crippen molar-refractivity contribution in [3.05, 3.63) is 80.5 Å². The Balaban J connectivity index is 1.22. The lowest BCUT2D eigenvalue weighted by atomic mass is 10.1. The summed E-state index contributed by atoms with van der Waals surface area (Å²) in [7, 11) is 2.10. The summed E-state index contributed by atoms with van der Waals surface area (Å²) in [5.74, 6) is -1.25. The highest BCUT2D eigenvalue weighted by Crippen LogP contribution is 2.38. The summed E-state index contributed by atoms with van der Waals surface area (Å²) in [6.45, 7) is 11.1. The van der Waals surface area contributed by atoms with Gasteiger partial charge in [0.1, 0.15) is 22.4 Å². The van der Waals surface area contributed by atoms with E-state index in [4.69, 9.17) is 9.15 Å². The third-order valence-electron chi connectivity index (χ3n) is 10.5. The van der Waals surface area contributed by atoms with Crippen LogP contribution in [-0.4, -0.2) is 97.2 Å². The molecular weight excluding hydrogens is 679 g/mol. The van der Waals surface area contributed by atoms with Crippen LogP contribution in [0.15, 0.2) is 62.7 Å². The van der Waals surface area contributed by atoms with E-state index in [1.54, 1.807) is 42.2 Å². The number of nitrogens with one attached hydrogen (secondary N) is 2. The summed E-state index contributed by atoms with van der Waals surface area (Å²) < 4.78 is 30.1. The number of ether oxygens (including phenoxy) is 1. The second-order valence-electron chi connectivity index (χ2n) is 15.3. The Labute approximate surface area is 304 Å². The molecule has 53 heavy (non-hydrogen) atoms. The maximum atomic E-state index is 16.4. The normalized spacial score (nSPS) is 17.5. The number of rotatable bonds is 7. The number of pyridine rings is 1. The number of fused-ring (bicyclic) bond motifs is 5. The molecule has 4 heterocycles. The number of hydrogen-bond acceptors (Lipinski definition) is 9. The van der Waals surface area contributed by atoms with E-state index >= 15 is 4.39 Å². The zero-order chi connectivity index (χ0) is 37.2. The topological polar surface area (TPSA) is 129 Å². The molecule has 0 unspecified atom stereocenters. The molecule has 2 fully saturated rings. The maximum Gasteiger partial charge on any atom is 0.407 e. The van der Waals surface area contributed by atoms with Crippen LogP contribution in [0.5, 0.6) is 0 Å². The van der Waals surface area contributed by atoms with E-state index in [-0.39, 0.29) is 45.8 Å². The van der Waals surface area contributed by atoms with Gasteiger partial charge in [0.2, 0.25) is 5.43 Å². The van der Waals surface area contributed by atoms with Gasteiger partial charge in [-0.25, -0.2) is 9.18 Å². The summed E-state index contributed by atoms with van der Waals surface area (Å²) in [6, 6.07) is 11.7.